The summed E-state index contributed by atoms with van der Waals surface area (Å²) in [6, 6.07) is 0. The number of anilines is 2. The highest BCUT2D eigenvalue weighted by atomic mass is 32.2. The van der Waals surface area contributed by atoms with Crippen molar-refractivity contribution in [3.05, 3.63) is 0 Å². The third kappa shape index (κ3) is 4.94. The SMILES string of the molecule is COCCNC(=O)CCNc1snc(N)c1S(C)(=O)=O. The Balaban J connectivity index is 2.49. The van der Waals surface area contributed by atoms with Gasteiger partial charge in [-0.1, -0.05) is 0 Å². The molecule has 0 aliphatic heterocycles. The lowest BCUT2D eigenvalue weighted by molar-refractivity contribution is -0.121. The fraction of sp³-hybridized carbons (Fsp3) is 0.600. The zero-order valence-corrected chi connectivity index (χ0v) is 12.9. The van der Waals surface area contributed by atoms with Crippen LogP contribution in [0.2, 0.25) is 0 Å². The topological polar surface area (TPSA) is 123 Å². The number of ether oxygens (including phenoxy) is 1. The van der Waals surface area contributed by atoms with Gasteiger partial charge in [-0.2, -0.15) is 4.37 Å². The van der Waals surface area contributed by atoms with Gasteiger partial charge in [0.25, 0.3) is 0 Å². The summed E-state index contributed by atoms with van der Waals surface area (Å²) < 4.78 is 31.7. The zero-order chi connectivity index (χ0) is 15.2. The second-order valence-electron chi connectivity index (χ2n) is 4.02. The molecular formula is C10H18N4O4S2. The molecule has 0 aliphatic carbocycles. The van der Waals surface area contributed by atoms with Crippen molar-refractivity contribution in [2.45, 2.75) is 11.3 Å². The summed E-state index contributed by atoms with van der Waals surface area (Å²) in [6.07, 6.45) is 1.28. The standard InChI is InChI=1S/C10H18N4O4S2/c1-18-6-5-12-7(15)3-4-13-10-8(20(2,16)17)9(11)14-19-10/h13H,3-6H2,1-2H3,(H2,11,14)(H,12,15). The molecule has 0 spiro atoms. The molecule has 114 valence electrons. The van der Waals surface area contributed by atoms with Crippen LogP contribution in [0, 0.1) is 0 Å². The van der Waals surface area contributed by atoms with E-state index in [1.54, 1.807) is 7.11 Å². The summed E-state index contributed by atoms with van der Waals surface area (Å²) in [4.78, 5) is 11.4. The maximum Gasteiger partial charge on any atom is 0.221 e. The molecule has 1 heterocycles. The van der Waals surface area contributed by atoms with Crippen LogP contribution in [-0.2, 0) is 19.4 Å². The first-order valence-electron chi connectivity index (χ1n) is 5.81. The summed E-state index contributed by atoms with van der Waals surface area (Å²) >= 11 is 0.959. The monoisotopic (exact) mass is 322 g/mol. The maximum absolute atomic E-state index is 11.6. The quantitative estimate of drug-likeness (QED) is 0.561. The summed E-state index contributed by atoms with van der Waals surface area (Å²) in [5, 5.41) is 5.88. The molecule has 0 saturated heterocycles. The Hall–Kier alpha value is -1.39. The molecular weight excluding hydrogens is 304 g/mol. The summed E-state index contributed by atoms with van der Waals surface area (Å²) in [5.41, 5.74) is 5.53. The average Bonchev–Trinajstić information content (AvgIpc) is 2.70. The zero-order valence-electron chi connectivity index (χ0n) is 11.3. The van der Waals surface area contributed by atoms with Crippen molar-refractivity contribution in [1.82, 2.24) is 9.69 Å². The number of amides is 1. The minimum absolute atomic E-state index is 0.0118. The Bertz CT molecular complexity index is 556. The van der Waals surface area contributed by atoms with E-state index < -0.39 is 9.84 Å². The highest BCUT2D eigenvalue weighted by Gasteiger charge is 2.21. The second kappa shape index (κ2) is 7.41. The molecule has 1 amide bonds. The van der Waals surface area contributed by atoms with Gasteiger partial charge in [0.05, 0.1) is 6.61 Å². The highest BCUT2D eigenvalue weighted by Crippen LogP contribution is 2.31. The van der Waals surface area contributed by atoms with Crippen molar-refractivity contribution in [2.75, 3.05) is 44.1 Å². The van der Waals surface area contributed by atoms with Gasteiger partial charge in [-0.25, -0.2) is 8.42 Å². The Morgan fingerprint density at radius 3 is 2.75 bits per heavy atom. The number of hydrogen-bond acceptors (Lipinski definition) is 8. The van der Waals surface area contributed by atoms with Crippen molar-refractivity contribution in [3.8, 4) is 0 Å². The molecule has 0 fully saturated rings. The van der Waals surface area contributed by atoms with E-state index in [4.69, 9.17) is 10.5 Å². The maximum atomic E-state index is 11.6. The molecule has 1 rings (SSSR count). The smallest absolute Gasteiger partial charge is 0.221 e. The van der Waals surface area contributed by atoms with Crippen molar-refractivity contribution in [2.24, 2.45) is 0 Å². The van der Waals surface area contributed by atoms with Gasteiger partial charge in [-0.3, -0.25) is 4.79 Å². The van der Waals surface area contributed by atoms with E-state index in [2.05, 4.69) is 15.0 Å². The number of sulfone groups is 1. The first-order chi connectivity index (χ1) is 9.36. The van der Waals surface area contributed by atoms with E-state index in [1.165, 1.54) is 0 Å². The van der Waals surface area contributed by atoms with Gasteiger partial charge in [0.2, 0.25) is 5.91 Å². The molecule has 10 heteroatoms. The van der Waals surface area contributed by atoms with E-state index >= 15 is 0 Å². The Morgan fingerprint density at radius 2 is 2.15 bits per heavy atom. The number of aromatic nitrogens is 1. The number of nitrogens with two attached hydrogens (primary N) is 1. The van der Waals surface area contributed by atoms with E-state index in [0.717, 1.165) is 17.8 Å². The van der Waals surface area contributed by atoms with Gasteiger partial charge in [-0.15, -0.1) is 0 Å². The van der Waals surface area contributed by atoms with Crippen LogP contribution in [0.3, 0.4) is 0 Å². The molecule has 0 saturated carbocycles. The van der Waals surface area contributed by atoms with Crippen LogP contribution in [0.5, 0.6) is 0 Å². The lowest BCUT2D eigenvalue weighted by Crippen LogP contribution is -2.28. The number of rotatable bonds is 8. The Labute approximate surface area is 121 Å². The third-order valence-corrected chi connectivity index (χ3v) is 4.41. The molecule has 1 aromatic rings. The molecule has 1 aromatic heterocycles. The number of nitrogen functional groups attached to an aromatic ring is 1. The van der Waals surface area contributed by atoms with E-state index in [-0.39, 0.29) is 23.0 Å². The van der Waals surface area contributed by atoms with Crippen molar-refractivity contribution in [1.29, 1.82) is 0 Å². The minimum atomic E-state index is -3.45. The second-order valence-corrected chi connectivity index (χ2v) is 6.74. The lowest BCUT2D eigenvalue weighted by atomic mass is 10.4. The molecule has 0 atom stereocenters. The highest BCUT2D eigenvalue weighted by molar-refractivity contribution is 7.91. The molecule has 20 heavy (non-hydrogen) atoms. The number of methoxy groups -OCH3 is 1. The first-order valence-corrected chi connectivity index (χ1v) is 8.47. The number of carbonyl (C=O) groups is 1. The normalized spacial score (nSPS) is 11.3. The number of hydrogen-bond donors (Lipinski definition) is 3. The molecule has 0 unspecified atom stereocenters. The predicted molar refractivity (Wildman–Crippen MR) is 77.6 cm³/mol. The van der Waals surface area contributed by atoms with Crippen LogP contribution < -0.4 is 16.4 Å². The lowest BCUT2D eigenvalue weighted by Gasteiger charge is -2.06. The molecule has 8 nitrogen and oxygen atoms in total. The largest absolute Gasteiger partial charge is 0.383 e. The fourth-order valence-electron chi connectivity index (χ4n) is 1.44. The molecule has 4 N–H and O–H groups in total. The van der Waals surface area contributed by atoms with Crippen LogP contribution >= 0.6 is 11.5 Å². The van der Waals surface area contributed by atoms with Gasteiger partial charge in [-0.05, 0) is 11.5 Å². The van der Waals surface area contributed by atoms with E-state index in [0.29, 0.717) is 24.7 Å². The van der Waals surface area contributed by atoms with Crippen molar-refractivity contribution in [3.63, 3.8) is 0 Å². The van der Waals surface area contributed by atoms with E-state index in [9.17, 15) is 13.2 Å². The average molecular weight is 322 g/mol. The van der Waals surface area contributed by atoms with Crippen molar-refractivity contribution >= 4 is 38.1 Å². The fourth-order valence-corrected chi connectivity index (χ4v) is 3.53. The van der Waals surface area contributed by atoms with E-state index in [1.807, 2.05) is 0 Å². The Morgan fingerprint density at radius 1 is 1.45 bits per heavy atom. The minimum Gasteiger partial charge on any atom is -0.383 e. The van der Waals surface area contributed by atoms with Crippen LogP contribution in [0.1, 0.15) is 6.42 Å². The first kappa shape index (κ1) is 16.7. The predicted octanol–water partition coefficient (Wildman–Crippen LogP) is -0.307. The van der Waals surface area contributed by atoms with Crippen LogP contribution in [0.25, 0.3) is 0 Å². The molecule has 0 bridgehead atoms. The van der Waals surface area contributed by atoms with Gasteiger partial charge in [0.1, 0.15) is 9.90 Å². The number of carbonyl (C=O) groups excluding carboxylic acids is 1. The van der Waals surface area contributed by atoms with Gasteiger partial charge < -0.3 is 21.1 Å². The Kier molecular flexibility index (Phi) is 6.17. The van der Waals surface area contributed by atoms with Crippen LogP contribution in [0.15, 0.2) is 4.90 Å². The third-order valence-electron chi connectivity index (χ3n) is 2.31. The molecule has 0 radical (unpaired) electrons. The van der Waals surface area contributed by atoms with Crippen LogP contribution in [-0.4, -0.2) is 51.8 Å². The molecule has 0 aromatic carbocycles. The summed E-state index contributed by atoms with van der Waals surface area (Å²) in [6.45, 7) is 1.18. The van der Waals surface area contributed by atoms with Crippen molar-refractivity contribution < 1.29 is 17.9 Å². The number of nitrogens with one attached hydrogen (secondary N) is 2. The summed E-state index contributed by atoms with van der Waals surface area (Å²) in [5.74, 6) is -0.169. The van der Waals surface area contributed by atoms with Gasteiger partial charge in [0, 0.05) is 32.9 Å². The van der Waals surface area contributed by atoms with Gasteiger partial charge in [0.15, 0.2) is 15.7 Å². The molecule has 0 aliphatic rings. The van der Waals surface area contributed by atoms with Crippen LogP contribution in [0.4, 0.5) is 10.8 Å². The summed E-state index contributed by atoms with van der Waals surface area (Å²) in [7, 11) is -1.90. The van der Waals surface area contributed by atoms with Gasteiger partial charge >= 0.3 is 0 Å². The number of nitrogens with zero attached hydrogens (tertiary/aromatic N) is 1.